The fraction of sp³-hybridized carbons (Fsp3) is 0.263. The highest BCUT2D eigenvalue weighted by Crippen LogP contribution is 2.34. The Bertz CT molecular complexity index is 908. The van der Waals surface area contributed by atoms with Crippen molar-refractivity contribution >= 4 is 40.2 Å². The van der Waals surface area contributed by atoms with E-state index in [9.17, 15) is 19.2 Å². The summed E-state index contributed by atoms with van der Waals surface area (Å²) in [5.41, 5.74) is 1.24. The summed E-state index contributed by atoms with van der Waals surface area (Å²) in [5.74, 6) is -1.89. The number of benzene rings is 1. The standard InChI is InChI=1S/C19H21N3O5S/c1-10-11(2)28-17(21-12(3)23)14(10)18(25)27-15(13-8-6-5-7-9-13)16(24)22-19(26)20-4/h5-9,15H,1-4H3,(H,21,23)(H2,20,22,24,26)/t15-/m1/s1. The van der Waals surface area contributed by atoms with Crippen LogP contribution in [0, 0.1) is 13.8 Å². The Labute approximate surface area is 166 Å². The molecule has 1 atom stereocenters. The third kappa shape index (κ3) is 4.95. The van der Waals surface area contributed by atoms with E-state index in [1.807, 2.05) is 6.92 Å². The van der Waals surface area contributed by atoms with Crippen LogP contribution < -0.4 is 16.0 Å². The van der Waals surface area contributed by atoms with Crippen LogP contribution in [0.15, 0.2) is 30.3 Å². The Hall–Kier alpha value is -3.20. The maximum atomic E-state index is 12.9. The largest absolute Gasteiger partial charge is 0.444 e. The van der Waals surface area contributed by atoms with Gasteiger partial charge in [-0.25, -0.2) is 9.59 Å². The molecule has 1 aromatic heterocycles. The van der Waals surface area contributed by atoms with Crippen LogP contribution >= 0.6 is 11.3 Å². The number of nitrogens with one attached hydrogen (secondary N) is 3. The van der Waals surface area contributed by atoms with E-state index in [2.05, 4.69) is 16.0 Å². The van der Waals surface area contributed by atoms with Gasteiger partial charge in [-0.1, -0.05) is 30.3 Å². The summed E-state index contributed by atoms with van der Waals surface area (Å²) in [6.45, 7) is 4.88. The summed E-state index contributed by atoms with van der Waals surface area (Å²) in [5, 5.41) is 7.36. The molecule has 148 valence electrons. The minimum atomic E-state index is -1.34. The van der Waals surface area contributed by atoms with E-state index in [0.29, 0.717) is 16.1 Å². The van der Waals surface area contributed by atoms with Crippen LogP contribution in [0.2, 0.25) is 0 Å². The van der Waals surface area contributed by atoms with Gasteiger partial charge in [0, 0.05) is 24.4 Å². The number of anilines is 1. The molecule has 0 unspecified atom stereocenters. The van der Waals surface area contributed by atoms with Gasteiger partial charge in [-0.3, -0.25) is 14.9 Å². The molecule has 0 spiro atoms. The van der Waals surface area contributed by atoms with Gasteiger partial charge in [0.15, 0.2) is 0 Å². The Morgan fingerprint density at radius 2 is 1.71 bits per heavy atom. The number of thiophene rings is 1. The molecule has 28 heavy (non-hydrogen) atoms. The lowest BCUT2D eigenvalue weighted by molar-refractivity contribution is -0.129. The number of rotatable bonds is 5. The van der Waals surface area contributed by atoms with Gasteiger partial charge < -0.3 is 15.4 Å². The van der Waals surface area contributed by atoms with Crippen LogP contribution in [-0.2, 0) is 14.3 Å². The van der Waals surface area contributed by atoms with Crippen molar-refractivity contribution in [2.24, 2.45) is 0 Å². The molecule has 0 radical (unpaired) electrons. The van der Waals surface area contributed by atoms with E-state index in [0.717, 1.165) is 4.88 Å². The molecule has 0 fully saturated rings. The first kappa shape index (κ1) is 21.1. The monoisotopic (exact) mass is 403 g/mol. The molecule has 4 amide bonds. The summed E-state index contributed by atoms with van der Waals surface area (Å²) in [7, 11) is 1.36. The highest BCUT2D eigenvalue weighted by Gasteiger charge is 2.30. The second-order valence-electron chi connectivity index (χ2n) is 5.93. The van der Waals surface area contributed by atoms with Gasteiger partial charge >= 0.3 is 12.0 Å². The van der Waals surface area contributed by atoms with Crippen LogP contribution in [0.25, 0.3) is 0 Å². The van der Waals surface area contributed by atoms with E-state index in [1.165, 1.54) is 25.3 Å². The Morgan fingerprint density at radius 3 is 2.29 bits per heavy atom. The number of carbonyl (C=O) groups is 4. The lowest BCUT2D eigenvalue weighted by Gasteiger charge is -2.18. The van der Waals surface area contributed by atoms with Crippen LogP contribution in [-0.4, -0.2) is 30.9 Å². The van der Waals surface area contributed by atoms with Crippen LogP contribution in [0.4, 0.5) is 9.80 Å². The van der Waals surface area contributed by atoms with Crippen LogP contribution in [0.5, 0.6) is 0 Å². The van der Waals surface area contributed by atoms with Crippen molar-refractivity contribution in [3.8, 4) is 0 Å². The molecule has 2 rings (SSSR count). The zero-order chi connectivity index (χ0) is 20.8. The quantitative estimate of drug-likeness (QED) is 0.664. The van der Waals surface area contributed by atoms with Gasteiger partial charge in [-0.05, 0) is 19.4 Å². The first-order chi connectivity index (χ1) is 13.2. The number of hydrogen-bond donors (Lipinski definition) is 3. The fourth-order valence-corrected chi connectivity index (χ4v) is 3.52. The van der Waals surface area contributed by atoms with Crippen LogP contribution in [0.3, 0.4) is 0 Å². The number of aryl methyl sites for hydroxylation is 1. The first-order valence-corrected chi connectivity index (χ1v) is 9.22. The lowest BCUT2D eigenvalue weighted by atomic mass is 10.1. The van der Waals surface area contributed by atoms with Gasteiger partial charge in [0.1, 0.15) is 5.00 Å². The number of hydrogen-bond acceptors (Lipinski definition) is 6. The normalized spacial score (nSPS) is 11.3. The molecule has 0 saturated carbocycles. The maximum Gasteiger partial charge on any atom is 0.342 e. The number of imide groups is 1. The molecule has 1 heterocycles. The van der Waals surface area contributed by atoms with Gasteiger partial charge in [-0.2, -0.15) is 0 Å². The third-order valence-corrected chi connectivity index (χ3v) is 5.03. The zero-order valence-electron chi connectivity index (χ0n) is 15.9. The molecule has 0 saturated heterocycles. The molecule has 0 aliphatic heterocycles. The predicted octanol–water partition coefficient (Wildman–Crippen LogP) is 2.68. The molecule has 2 aromatic rings. The number of carbonyl (C=O) groups excluding carboxylic acids is 4. The van der Waals surface area contributed by atoms with E-state index in [-0.39, 0.29) is 11.5 Å². The van der Waals surface area contributed by atoms with E-state index < -0.39 is 24.0 Å². The summed E-state index contributed by atoms with van der Waals surface area (Å²) >= 11 is 1.25. The fourth-order valence-electron chi connectivity index (χ4n) is 2.43. The highest BCUT2D eigenvalue weighted by atomic mass is 32.1. The van der Waals surface area contributed by atoms with Gasteiger partial charge in [0.25, 0.3) is 5.91 Å². The molecule has 1 aromatic carbocycles. The number of amides is 4. The van der Waals surface area contributed by atoms with Crippen molar-refractivity contribution < 1.29 is 23.9 Å². The van der Waals surface area contributed by atoms with Crippen molar-refractivity contribution in [1.82, 2.24) is 10.6 Å². The molecule has 8 nitrogen and oxygen atoms in total. The number of ether oxygens (including phenoxy) is 1. The SMILES string of the molecule is CNC(=O)NC(=O)[C@H](OC(=O)c1c(NC(C)=O)sc(C)c1C)c1ccccc1. The van der Waals surface area contributed by atoms with Crippen LogP contribution in [0.1, 0.15) is 39.4 Å². The average Bonchev–Trinajstić information content (AvgIpc) is 2.92. The Morgan fingerprint density at radius 1 is 1.07 bits per heavy atom. The van der Waals surface area contributed by atoms with E-state index in [4.69, 9.17) is 4.74 Å². The third-order valence-electron chi connectivity index (χ3n) is 3.91. The van der Waals surface area contributed by atoms with E-state index >= 15 is 0 Å². The number of urea groups is 1. The minimum Gasteiger partial charge on any atom is -0.444 e. The molecule has 3 N–H and O–H groups in total. The van der Waals surface area contributed by atoms with Crippen molar-refractivity contribution in [3.63, 3.8) is 0 Å². The number of esters is 1. The van der Waals surface area contributed by atoms with Crippen molar-refractivity contribution in [3.05, 3.63) is 51.9 Å². The summed E-state index contributed by atoms with van der Waals surface area (Å²) in [4.78, 5) is 49.2. The topological polar surface area (TPSA) is 114 Å². The van der Waals surface area contributed by atoms with Gasteiger partial charge in [0.2, 0.25) is 12.0 Å². The smallest absolute Gasteiger partial charge is 0.342 e. The summed E-state index contributed by atoms with van der Waals surface area (Å²) in [6, 6.07) is 7.63. The second kappa shape index (κ2) is 9.14. The molecule has 0 aliphatic carbocycles. The molecule has 0 aliphatic rings. The zero-order valence-corrected chi connectivity index (χ0v) is 16.7. The molecular formula is C19H21N3O5S. The highest BCUT2D eigenvalue weighted by molar-refractivity contribution is 7.16. The van der Waals surface area contributed by atoms with Crippen molar-refractivity contribution in [2.75, 3.05) is 12.4 Å². The maximum absolute atomic E-state index is 12.9. The summed E-state index contributed by atoms with van der Waals surface area (Å²) in [6.07, 6.45) is -1.34. The predicted molar refractivity (Wildman–Crippen MR) is 105 cm³/mol. The average molecular weight is 403 g/mol. The van der Waals surface area contributed by atoms with Crippen molar-refractivity contribution in [2.45, 2.75) is 26.9 Å². The molecular weight excluding hydrogens is 382 g/mol. The Kier molecular flexibility index (Phi) is 6.89. The van der Waals surface area contributed by atoms with Gasteiger partial charge in [0.05, 0.1) is 5.56 Å². The second-order valence-corrected chi connectivity index (χ2v) is 7.16. The minimum absolute atomic E-state index is 0.186. The van der Waals surface area contributed by atoms with Gasteiger partial charge in [-0.15, -0.1) is 11.3 Å². The Balaban J connectivity index is 2.37. The summed E-state index contributed by atoms with van der Waals surface area (Å²) < 4.78 is 5.47. The molecule has 0 bridgehead atoms. The molecule has 9 heteroatoms. The van der Waals surface area contributed by atoms with Crippen molar-refractivity contribution in [1.29, 1.82) is 0 Å². The first-order valence-electron chi connectivity index (χ1n) is 8.40. The van der Waals surface area contributed by atoms with E-state index in [1.54, 1.807) is 37.3 Å². The lowest BCUT2D eigenvalue weighted by Crippen LogP contribution is -2.41.